The van der Waals surface area contributed by atoms with Crippen molar-refractivity contribution in [2.45, 2.75) is 70.6 Å². The first-order chi connectivity index (χ1) is 8.90. The van der Waals surface area contributed by atoms with E-state index in [4.69, 9.17) is 0 Å². The molecule has 3 rings (SSSR count). The van der Waals surface area contributed by atoms with Crippen LogP contribution in [0.2, 0.25) is 0 Å². The smallest absolute Gasteiger partial charge is 0.00801 e. The summed E-state index contributed by atoms with van der Waals surface area (Å²) in [6.07, 6.45) is 13.1. The van der Waals surface area contributed by atoms with Gasteiger partial charge in [-0.1, -0.05) is 39.0 Å². The Kier molecular flexibility index (Phi) is 4.08. The molecule has 2 aliphatic carbocycles. The van der Waals surface area contributed by atoms with Gasteiger partial charge in [0.2, 0.25) is 0 Å². The minimum absolute atomic E-state index is 0.902. The minimum Gasteiger partial charge on any atom is -0.149 e. The zero-order chi connectivity index (χ0) is 12.4. The predicted molar refractivity (Wildman–Crippen MR) is 80.4 cm³/mol. The summed E-state index contributed by atoms with van der Waals surface area (Å²) < 4.78 is 0. The average Bonchev–Trinajstić information content (AvgIpc) is 2.79. The number of fused-ring (bicyclic) bond motifs is 1. The van der Waals surface area contributed by atoms with Crippen molar-refractivity contribution in [2.24, 2.45) is 11.8 Å². The Morgan fingerprint density at radius 1 is 1.11 bits per heavy atom. The van der Waals surface area contributed by atoms with Crippen molar-refractivity contribution in [3.63, 3.8) is 0 Å². The number of thiophene rings is 1. The summed E-state index contributed by atoms with van der Waals surface area (Å²) in [4.78, 5) is 1.72. The normalized spacial score (nSPS) is 32.8. The predicted octanol–water partition coefficient (Wildman–Crippen LogP) is 5.77. The van der Waals surface area contributed by atoms with Gasteiger partial charge < -0.3 is 0 Å². The Balaban J connectivity index is 1.86. The van der Waals surface area contributed by atoms with Gasteiger partial charge >= 0.3 is 0 Å². The highest BCUT2D eigenvalue weighted by molar-refractivity contribution is 7.10. The molecule has 0 aromatic carbocycles. The van der Waals surface area contributed by atoms with Gasteiger partial charge in [-0.2, -0.15) is 0 Å². The molecule has 0 nitrogen and oxygen atoms in total. The van der Waals surface area contributed by atoms with E-state index in [1.165, 1.54) is 57.8 Å². The number of hydrogen-bond donors (Lipinski definition) is 0. The van der Waals surface area contributed by atoms with Crippen LogP contribution in [0.4, 0.5) is 0 Å². The van der Waals surface area contributed by atoms with Crippen molar-refractivity contribution in [3.8, 4) is 0 Å². The van der Waals surface area contributed by atoms with Gasteiger partial charge in [-0.3, -0.25) is 0 Å². The largest absolute Gasteiger partial charge is 0.149 e. The fourth-order valence-electron chi connectivity index (χ4n) is 4.41. The Bertz CT molecular complexity index is 379. The molecule has 2 aliphatic rings. The Labute approximate surface area is 116 Å². The third-order valence-corrected chi connectivity index (χ3v) is 6.35. The summed E-state index contributed by atoms with van der Waals surface area (Å²) >= 11 is 2.02. The molecule has 1 aromatic rings. The molecule has 0 N–H and O–H groups in total. The molecule has 0 radical (unpaired) electrons. The lowest BCUT2D eigenvalue weighted by Crippen LogP contribution is -2.25. The van der Waals surface area contributed by atoms with Crippen LogP contribution in [0.1, 0.15) is 74.6 Å². The first kappa shape index (κ1) is 12.7. The van der Waals surface area contributed by atoms with E-state index in [-0.39, 0.29) is 0 Å². The van der Waals surface area contributed by atoms with Gasteiger partial charge in [0, 0.05) is 4.88 Å². The maximum atomic E-state index is 2.46. The number of aryl methyl sites for hydroxylation is 1. The highest BCUT2D eigenvalue weighted by Crippen LogP contribution is 2.46. The number of rotatable bonds is 2. The Morgan fingerprint density at radius 2 is 1.94 bits per heavy atom. The van der Waals surface area contributed by atoms with E-state index in [1.54, 1.807) is 10.4 Å². The van der Waals surface area contributed by atoms with Gasteiger partial charge in [-0.25, -0.2) is 0 Å². The average molecular weight is 262 g/mol. The molecule has 1 heteroatoms. The summed E-state index contributed by atoms with van der Waals surface area (Å²) in [5, 5.41) is 2.34. The zero-order valence-electron chi connectivity index (χ0n) is 11.7. The molecule has 18 heavy (non-hydrogen) atoms. The Morgan fingerprint density at radius 3 is 2.83 bits per heavy atom. The van der Waals surface area contributed by atoms with Gasteiger partial charge in [-0.15, -0.1) is 11.3 Å². The van der Waals surface area contributed by atoms with Crippen molar-refractivity contribution in [2.75, 3.05) is 0 Å². The molecule has 1 heterocycles. The lowest BCUT2D eigenvalue weighted by molar-refractivity contribution is 0.188. The highest BCUT2D eigenvalue weighted by atomic mass is 32.1. The molecular weight excluding hydrogens is 236 g/mol. The molecule has 0 spiro atoms. The van der Waals surface area contributed by atoms with Gasteiger partial charge in [0.15, 0.2) is 0 Å². The van der Waals surface area contributed by atoms with Crippen LogP contribution >= 0.6 is 11.3 Å². The highest BCUT2D eigenvalue weighted by Gasteiger charge is 2.33. The molecule has 0 amide bonds. The lowest BCUT2D eigenvalue weighted by atomic mass is 9.68. The third kappa shape index (κ3) is 2.39. The number of hydrogen-bond acceptors (Lipinski definition) is 1. The van der Waals surface area contributed by atoms with E-state index in [0.717, 1.165) is 17.8 Å². The van der Waals surface area contributed by atoms with Crippen molar-refractivity contribution in [1.29, 1.82) is 0 Å². The summed E-state index contributed by atoms with van der Waals surface area (Å²) in [6.45, 7) is 2.41. The van der Waals surface area contributed by atoms with Crippen LogP contribution in [-0.4, -0.2) is 0 Å². The summed E-state index contributed by atoms with van der Waals surface area (Å²) in [5.74, 6) is 2.91. The zero-order valence-corrected chi connectivity index (χ0v) is 12.5. The Hall–Kier alpha value is -0.300. The van der Waals surface area contributed by atoms with E-state index in [9.17, 15) is 0 Å². The van der Waals surface area contributed by atoms with Crippen molar-refractivity contribution in [1.82, 2.24) is 0 Å². The molecule has 0 saturated heterocycles. The molecule has 1 saturated carbocycles. The first-order valence-electron chi connectivity index (χ1n) is 7.96. The lowest BCUT2D eigenvalue weighted by Gasteiger charge is -2.37. The second-order valence-corrected chi connectivity index (χ2v) is 7.27. The molecular formula is C17H26S. The van der Waals surface area contributed by atoms with Crippen molar-refractivity contribution < 1.29 is 0 Å². The van der Waals surface area contributed by atoms with E-state index < -0.39 is 0 Å². The summed E-state index contributed by atoms with van der Waals surface area (Å²) in [7, 11) is 0. The third-order valence-electron chi connectivity index (χ3n) is 5.36. The van der Waals surface area contributed by atoms with Crippen LogP contribution < -0.4 is 0 Å². The quantitative estimate of drug-likeness (QED) is 0.593. The van der Waals surface area contributed by atoms with Crippen molar-refractivity contribution >= 4 is 11.3 Å². The van der Waals surface area contributed by atoms with Crippen molar-refractivity contribution in [3.05, 3.63) is 21.9 Å². The molecule has 1 fully saturated rings. The van der Waals surface area contributed by atoms with Crippen LogP contribution in [0.3, 0.4) is 0 Å². The summed E-state index contributed by atoms with van der Waals surface area (Å²) in [5.41, 5.74) is 1.75. The second kappa shape index (κ2) is 5.77. The molecule has 0 bridgehead atoms. The monoisotopic (exact) mass is 262 g/mol. The second-order valence-electron chi connectivity index (χ2n) is 6.27. The van der Waals surface area contributed by atoms with E-state index in [2.05, 4.69) is 18.4 Å². The fraction of sp³-hybridized carbons (Fsp3) is 0.765. The van der Waals surface area contributed by atoms with Crippen LogP contribution in [0.25, 0.3) is 0 Å². The van der Waals surface area contributed by atoms with Crippen LogP contribution in [-0.2, 0) is 6.42 Å². The fourth-order valence-corrected chi connectivity index (χ4v) is 5.40. The molecule has 3 atom stereocenters. The maximum Gasteiger partial charge on any atom is 0.00801 e. The van der Waals surface area contributed by atoms with Crippen LogP contribution in [0, 0.1) is 11.8 Å². The van der Waals surface area contributed by atoms with Gasteiger partial charge in [-0.05, 0) is 60.4 Å². The maximum absolute atomic E-state index is 2.46. The van der Waals surface area contributed by atoms with Gasteiger partial charge in [0.25, 0.3) is 0 Å². The van der Waals surface area contributed by atoms with E-state index in [1.807, 2.05) is 11.3 Å². The first-order valence-corrected chi connectivity index (χ1v) is 8.84. The summed E-state index contributed by atoms with van der Waals surface area (Å²) in [6, 6.07) is 2.46. The van der Waals surface area contributed by atoms with Gasteiger partial charge in [0.1, 0.15) is 0 Å². The van der Waals surface area contributed by atoms with Crippen LogP contribution in [0.15, 0.2) is 11.4 Å². The SMILES string of the molecule is CCC1CCCCC1C1CCCCc2sccc21. The molecule has 1 aromatic heterocycles. The van der Waals surface area contributed by atoms with Gasteiger partial charge in [0.05, 0.1) is 0 Å². The van der Waals surface area contributed by atoms with Crippen LogP contribution in [0.5, 0.6) is 0 Å². The molecule has 100 valence electrons. The molecule has 3 unspecified atom stereocenters. The van der Waals surface area contributed by atoms with E-state index in [0.29, 0.717) is 0 Å². The van der Waals surface area contributed by atoms with E-state index >= 15 is 0 Å². The topological polar surface area (TPSA) is 0 Å². The minimum atomic E-state index is 0.902. The standard InChI is InChI=1S/C17H26S/c1-2-13-7-3-4-8-14(13)15-9-5-6-10-17-16(15)11-12-18-17/h11-15H,2-10H2,1H3. The molecule has 0 aliphatic heterocycles.